The van der Waals surface area contributed by atoms with E-state index in [4.69, 9.17) is 4.42 Å². The van der Waals surface area contributed by atoms with E-state index in [1.165, 1.54) is 31.4 Å². The molecule has 0 spiro atoms. The fraction of sp³-hybridized carbons (Fsp3) is 0.550. The Morgan fingerprint density at radius 1 is 1.21 bits per heavy atom. The van der Waals surface area contributed by atoms with Gasteiger partial charge in [0.2, 0.25) is 0 Å². The third-order valence-corrected chi connectivity index (χ3v) is 5.76. The number of likely N-dealkylation sites (tertiary alicyclic amines) is 2. The number of rotatable bonds is 2. The first-order valence-corrected chi connectivity index (χ1v) is 9.09. The van der Waals surface area contributed by atoms with Gasteiger partial charge >= 0.3 is 0 Å². The molecule has 3 heterocycles. The van der Waals surface area contributed by atoms with Crippen molar-refractivity contribution in [2.75, 3.05) is 19.6 Å². The Hall–Kier alpha value is -1.81. The molecule has 2 aliphatic heterocycles. The predicted molar refractivity (Wildman–Crippen MR) is 95.4 cm³/mol. The molecule has 1 amide bonds. The van der Waals surface area contributed by atoms with E-state index in [2.05, 4.69) is 24.8 Å². The highest BCUT2D eigenvalue weighted by Gasteiger charge is 2.39. The van der Waals surface area contributed by atoms with Crippen LogP contribution in [0.3, 0.4) is 0 Å². The van der Waals surface area contributed by atoms with Gasteiger partial charge in [-0.1, -0.05) is 18.1 Å². The lowest BCUT2D eigenvalue weighted by Crippen LogP contribution is -2.63. The molecular weight excluding hydrogens is 300 g/mol. The minimum atomic E-state index is 0.0438. The summed E-state index contributed by atoms with van der Waals surface area (Å²) in [4.78, 5) is 17.3. The summed E-state index contributed by atoms with van der Waals surface area (Å²) in [5.74, 6) is 0.558. The average molecular weight is 326 g/mol. The Labute approximate surface area is 143 Å². The number of fused-ring (bicyclic) bond motifs is 1. The van der Waals surface area contributed by atoms with Gasteiger partial charge in [-0.3, -0.25) is 9.69 Å². The van der Waals surface area contributed by atoms with Crippen molar-refractivity contribution in [2.45, 2.75) is 52.1 Å². The van der Waals surface area contributed by atoms with Gasteiger partial charge in [0.05, 0.1) is 0 Å². The Bertz CT molecular complexity index is 773. The largest absolute Gasteiger partial charge is 0.451 e. The summed E-state index contributed by atoms with van der Waals surface area (Å²) in [5, 5.41) is 1.06. The first-order valence-electron chi connectivity index (χ1n) is 9.09. The normalized spacial score (nSPS) is 22.8. The highest BCUT2D eigenvalue weighted by atomic mass is 16.3. The van der Waals surface area contributed by atoms with E-state index in [0.29, 0.717) is 17.8 Å². The lowest BCUT2D eigenvalue weighted by atomic mass is 9.97. The monoisotopic (exact) mass is 326 g/mol. The van der Waals surface area contributed by atoms with Gasteiger partial charge in [-0.25, -0.2) is 0 Å². The second kappa shape index (κ2) is 5.92. The van der Waals surface area contributed by atoms with E-state index in [1.54, 1.807) is 0 Å². The van der Waals surface area contributed by atoms with E-state index in [1.807, 2.05) is 24.0 Å². The highest BCUT2D eigenvalue weighted by molar-refractivity contribution is 5.99. The van der Waals surface area contributed by atoms with Gasteiger partial charge in [0, 0.05) is 36.1 Å². The molecular formula is C20H26N2O2. The predicted octanol–water partition coefficient (Wildman–Crippen LogP) is 3.75. The van der Waals surface area contributed by atoms with E-state index in [-0.39, 0.29) is 5.91 Å². The number of aryl methyl sites for hydroxylation is 2. The lowest BCUT2D eigenvalue weighted by Gasteiger charge is -2.49. The van der Waals surface area contributed by atoms with Crippen molar-refractivity contribution in [1.29, 1.82) is 0 Å². The van der Waals surface area contributed by atoms with Crippen LogP contribution in [0.2, 0.25) is 0 Å². The molecule has 2 fully saturated rings. The van der Waals surface area contributed by atoms with Gasteiger partial charge in [-0.2, -0.15) is 0 Å². The molecule has 2 aromatic rings. The zero-order valence-electron chi connectivity index (χ0n) is 14.8. The standard InChI is InChI=1S/C20H26N2O2/c1-13-7-8-18-17(10-13)15(3)19(24-18)20(23)21-11-16(12-21)22-9-5-4-6-14(22)2/h7-8,10,14,16H,4-6,9,11-12H2,1-3H3. The maximum Gasteiger partial charge on any atom is 0.289 e. The molecule has 128 valence electrons. The van der Waals surface area contributed by atoms with Crippen LogP contribution in [0.25, 0.3) is 11.0 Å². The van der Waals surface area contributed by atoms with Crippen molar-refractivity contribution >= 4 is 16.9 Å². The van der Waals surface area contributed by atoms with Gasteiger partial charge in [-0.15, -0.1) is 0 Å². The fourth-order valence-electron chi connectivity index (χ4n) is 4.18. The highest BCUT2D eigenvalue weighted by Crippen LogP contribution is 2.30. The molecule has 1 atom stereocenters. The van der Waals surface area contributed by atoms with Crippen LogP contribution in [0.15, 0.2) is 22.6 Å². The Balaban J connectivity index is 1.49. The molecule has 2 aliphatic rings. The van der Waals surface area contributed by atoms with E-state index < -0.39 is 0 Å². The number of furan rings is 1. The van der Waals surface area contributed by atoms with Crippen LogP contribution < -0.4 is 0 Å². The zero-order valence-corrected chi connectivity index (χ0v) is 14.8. The van der Waals surface area contributed by atoms with E-state index in [0.717, 1.165) is 29.6 Å². The second-order valence-corrected chi connectivity index (χ2v) is 7.50. The third-order valence-electron chi connectivity index (χ3n) is 5.76. The Morgan fingerprint density at radius 2 is 2.00 bits per heavy atom. The molecule has 1 unspecified atom stereocenters. The van der Waals surface area contributed by atoms with E-state index in [9.17, 15) is 4.79 Å². The number of nitrogens with zero attached hydrogens (tertiary/aromatic N) is 2. The molecule has 4 nitrogen and oxygen atoms in total. The van der Waals surface area contributed by atoms with Crippen LogP contribution in [0, 0.1) is 13.8 Å². The van der Waals surface area contributed by atoms with Crippen LogP contribution >= 0.6 is 0 Å². The molecule has 24 heavy (non-hydrogen) atoms. The number of amides is 1. The summed E-state index contributed by atoms with van der Waals surface area (Å²) in [5.41, 5.74) is 2.96. The number of carbonyl (C=O) groups is 1. The quantitative estimate of drug-likeness (QED) is 0.843. The average Bonchev–Trinajstić information content (AvgIpc) is 2.84. The van der Waals surface area contributed by atoms with Crippen LogP contribution in [0.5, 0.6) is 0 Å². The molecule has 2 saturated heterocycles. The van der Waals surface area contributed by atoms with Crippen LogP contribution in [0.1, 0.15) is 47.9 Å². The number of hydrogen-bond acceptors (Lipinski definition) is 3. The maximum absolute atomic E-state index is 12.8. The van der Waals surface area contributed by atoms with Gasteiger partial charge in [-0.05, 0) is 52.3 Å². The molecule has 4 heteroatoms. The minimum absolute atomic E-state index is 0.0438. The van der Waals surface area contributed by atoms with Crippen LogP contribution in [0.4, 0.5) is 0 Å². The van der Waals surface area contributed by atoms with Crippen LogP contribution in [-0.4, -0.2) is 47.4 Å². The van der Waals surface area contributed by atoms with Crippen molar-refractivity contribution in [1.82, 2.24) is 9.80 Å². The summed E-state index contributed by atoms with van der Waals surface area (Å²) >= 11 is 0. The smallest absolute Gasteiger partial charge is 0.289 e. The van der Waals surface area contributed by atoms with Crippen molar-refractivity contribution < 1.29 is 9.21 Å². The molecule has 4 rings (SSSR count). The fourth-order valence-corrected chi connectivity index (χ4v) is 4.18. The molecule has 0 radical (unpaired) electrons. The summed E-state index contributed by atoms with van der Waals surface area (Å²) in [7, 11) is 0. The maximum atomic E-state index is 12.8. The van der Waals surface area contributed by atoms with Crippen LogP contribution in [-0.2, 0) is 0 Å². The van der Waals surface area contributed by atoms with Gasteiger partial charge in [0.1, 0.15) is 5.58 Å². The van der Waals surface area contributed by atoms with Gasteiger partial charge in [0.15, 0.2) is 5.76 Å². The first-order chi connectivity index (χ1) is 11.5. The molecule has 1 aromatic heterocycles. The SMILES string of the molecule is Cc1ccc2oc(C(=O)N3CC(N4CCCCC4C)C3)c(C)c2c1. The zero-order chi connectivity index (χ0) is 16.8. The van der Waals surface area contributed by atoms with Crippen molar-refractivity contribution in [2.24, 2.45) is 0 Å². The van der Waals surface area contributed by atoms with Crippen molar-refractivity contribution in [3.63, 3.8) is 0 Å². The van der Waals surface area contributed by atoms with E-state index >= 15 is 0 Å². The molecule has 0 aliphatic carbocycles. The number of benzene rings is 1. The summed E-state index contributed by atoms with van der Waals surface area (Å²) in [6.45, 7) is 9.21. The molecule has 0 N–H and O–H groups in total. The summed E-state index contributed by atoms with van der Waals surface area (Å²) in [6, 6.07) is 7.26. The van der Waals surface area contributed by atoms with Crippen molar-refractivity contribution in [3.05, 3.63) is 35.1 Å². The number of piperidine rings is 1. The minimum Gasteiger partial charge on any atom is -0.451 e. The Morgan fingerprint density at radius 3 is 2.75 bits per heavy atom. The first kappa shape index (κ1) is 15.7. The molecule has 1 aromatic carbocycles. The second-order valence-electron chi connectivity index (χ2n) is 7.50. The summed E-state index contributed by atoms with van der Waals surface area (Å²) in [6.07, 6.45) is 3.91. The molecule has 0 saturated carbocycles. The van der Waals surface area contributed by atoms with Crippen molar-refractivity contribution in [3.8, 4) is 0 Å². The summed E-state index contributed by atoms with van der Waals surface area (Å²) < 4.78 is 5.87. The number of hydrogen-bond donors (Lipinski definition) is 0. The topological polar surface area (TPSA) is 36.7 Å². The Kier molecular flexibility index (Phi) is 3.87. The third kappa shape index (κ3) is 2.53. The van der Waals surface area contributed by atoms with Gasteiger partial charge in [0.25, 0.3) is 5.91 Å². The number of carbonyl (C=O) groups excluding carboxylic acids is 1. The molecule has 0 bridgehead atoms. The lowest BCUT2D eigenvalue weighted by molar-refractivity contribution is 0.000586. The van der Waals surface area contributed by atoms with Gasteiger partial charge < -0.3 is 9.32 Å².